The largest absolute Gasteiger partial charge is 0.344 e. The van der Waals surface area contributed by atoms with Crippen LogP contribution >= 0.6 is 11.3 Å². The molecule has 1 saturated heterocycles. The Morgan fingerprint density at radius 1 is 1.13 bits per heavy atom. The molecular weight excluding hydrogens is 402 g/mol. The first-order chi connectivity index (χ1) is 14.5. The smallest absolute Gasteiger partial charge is 0.262 e. The SMILES string of the molecule is CN1CCC(NC(=O)c2cc(-c3cnn4cc(-c5cnn(C)c5)cnc34)cs2)C1=O. The van der Waals surface area contributed by atoms with Crippen LogP contribution in [0.25, 0.3) is 27.9 Å². The molecule has 1 fully saturated rings. The molecule has 0 radical (unpaired) electrons. The third-order valence-electron chi connectivity index (χ3n) is 5.26. The van der Waals surface area contributed by atoms with Gasteiger partial charge >= 0.3 is 0 Å². The van der Waals surface area contributed by atoms with E-state index in [1.165, 1.54) is 11.3 Å². The second-order valence-electron chi connectivity index (χ2n) is 7.35. The third kappa shape index (κ3) is 3.14. The van der Waals surface area contributed by atoms with Crippen LogP contribution in [0.5, 0.6) is 0 Å². The van der Waals surface area contributed by atoms with Gasteiger partial charge in [0, 0.05) is 55.9 Å². The number of hydrogen-bond acceptors (Lipinski definition) is 6. The molecule has 0 aromatic carbocycles. The van der Waals surface area contributed by atoms with E-state index in [2.05, 4.69) is 20.5 Å². The van der Waals surface area contributed by atoms with Crippen molar-refractivity contribution in [3.8, 4) is 22.3 Å². The molecule has 9 nitrogen and oxygen atoms in total. The molecule has 4 aromatic heterocycles. The number of amides is 2. The highest BCUT2D eigenvalue weighted by Gasteiger charge is 2.30. The molecule has 10 heteroatoms. The first kappa shape index (κ1) is 18.5. The van der Waals surface area contributed by atoms with E-state index in [-0.39, 0.29) is 11.8 Å². The number of aromatic nitrogens is 5. The predicted octanol–water partition coefficient (Wildman–Crippen LogP) is 1.82. The van der Waals surface area contributed by atoms with Crippen molar-refractivity contribution in [2.45, 2.75) is 12.5 Å². The van der Waals surface area contributed by atoms with Crippen molar-refractivity contribution in [1.29, 1.82) is 0 Å². The molecule has 1 aliphatic rings. The lowest BCUT2D eigenvalue weighted by Gasteiger charge is -2.11. The van der Waals surface area contributed by atoms with Crippen LogP contribution in [0.15, 0.2) is 42.4 Å². The fourth-order valence-electron chi connectivity index (χ4n) is 3.58. The van der Waals surface area contributed by atoms with E-state index in [4.69, 9.17) is 0 Å². The number of fused-ring (bicyclic) bond motifs is 1. The molecule has 1 atom stereocenters. The standard InChI is InChI=1S/C20H19N7O2S/c1-25-4-3-16(20(25)29)24-19(28)17-5-12(11-30-17)15-8-23-27-10-13(6-21-18(15)27)14-7-22-26(2)9-14/h5-11,16H,3-4H2,1-2H3,(H,24,28). The summed E-state index contributed by atoms with van der Waals surface area (Å²) >= 11 is 1.34. The second-order valence-corrected chi connectivity index (χ2v) is 8.26. The Morgan fingerprint density at radius 3 is 2.70 bits per heavy atom. The number of nitrogens with zero attached hydrogens (tertiary/aromatic N) is 6. The maximum Gasteiger partial charge on any atom is 0.262 e. The number of nitrogens with one attached hydrogen (secondary N) is 1. The van der Waals surface area contributed by atoms with E-state index in [1.807, 2.05) is 30.9 Å². The molecule has 0 spiro atoms. The Morgan fingerprint density at radius 2 is 1.97 bits per heavy atom. The van der Waals surface area contributed by atoms with Gasteiger partial charge < -0.3 is 10.2 Å². The quantitative estimate of drug-likeness (QED) is 0.542. The number of carbonyl (C=O) groups is 2. The average molecular weight is 421 g/mol. The van der Waals surface area contributed by atoms with E-state index < -0.39 is 6.04 Å². The minimum absolute atomic E-state index is 0.0450. The van der Waals surface area contributed by atoms with Crippen molar-refractivity contribution >= 4 is 28.8 Å². The van der Waals surface area contributed by atoms with Gasteiger partial charge in [0.1, 0.15) is 6.04 Å². The van der Waals surface area contributed by atoms with Crippen molar-refractivity contribution in [2.75, 3.05) is 13.6 Å². The molecule has 30 heavy (non-hydrogen) atoms. The van der Waals surface area contributed by atoms with Crippen LogP contribution in [0.2, 0.25) is 0 Å². The molecule has 1 unspecified atom stereocenters. The number of aryl methyl sites for hydroxylation is 1. The summed E-state index contributed by atoms with van der Waals surface area (Å²) in [6.07, 6.45) is 9.78. The van der Waals surface area contributed by atoms with Gasteiger partial charge in [-0.2, -0.15) is 10.2 Å². The average Bonchev–Trinajstić information content (AvgIpc) is 3.51. The van der Waals surface area contributed by atoms with Gasteiger partial charge in [-0.15, -0.1) is 11.3 Å². The van der Waals surface area contributed by atoms with Crippen LogP contribution in [0.1, 0.15) is 16.1 Å². The van der Waals surface area contributed by atoms with E-state index >= 15 is 0 Å². The van der Waals surface area contributed by atoms with Crippen molar-refractivity contribution in [3.05, 3.63) is 47.3 Å². The Kier molecular flexibility index (Phi) is 4.35. The second kappa shape index (κ2) is 7.06. The van der Waals surface area contributed by atoms with Gasteiger partial charge in [-0.1, -0.05) is 0 Å². The molecule has 0 aliphatic carbocycles. The number of likely N-dealkylation sites (N-methyl/N-ethyl adjacent to an activating group) is 1. The first-order valence-corrected chi connectivity index (χ1v) is 10.3. The first-order valence-electron chi connectivity index (χ1n) is 9.47. The van der Waals surface area contributed by atoms with Crippen LogP contribution in [-0.2, 0) is 11.8 Å². The predicted molar refractivity (Wildman–Crippen MR) is 112 cm³/mol. The van der Waals surface area contributed by atoms with E-state index in [0.717, 1.165) is 22.3 Å². The van der Waals surface area contributed by atoms with Gasteiger partial charge in [-0.3, -0.25) is 14.3 Å². The van der Waals surface area contributed by atoms with E-state index in [9.17, 15) is 9.59 Å². The van der Waals surface area contributed by atoms with Gasteiger partial charge in [0.2, 0.25) is 5.91 Å². The van der Waals surface area contributed by atoms with E-state index in [1.54, 1.807) is 39.7 Å². The molecule has 1 aliphatic heterocycles. The fraction of sp³-hybridized carbons (Fsp3) is 0.250. The summed E-state index contributed by atoms with van der Waals surface area (Å²) < 4.78 is 3.46. The number of carbonyl (C=O) groups excluding carboxylic acids is 2. The molecule has 4 aromatic rings. The van der Waals surface area contributed by atoms with Crippen molar-refractivity contribution in [2.24, 2.45) is 7.05 Å². The third-order valence-corrected chi connectivity index (χ3v) is 6.19. The zero-order valence-electron chi connectivity index (χ0n) is 16.4. The van der Waals surface area contributed by atoms with Crippen molar-refractivity contribution < 1.29 is 9.59 Å². The number of rotatable bonds is 4. The minimum Gasteiger partial charge on any atom is -0.344 e. The topological polar surface area (TPSA) is 97.4 Å². The van der Waals surface area contributed by atoms with Crippen LogP contribution in [0.4, 0.5) is 0 Å². The van der Waals surface area contributed by atoms with Crippen LogP contribution < -0.4 is 5.32 Å². The molecule has 1 N–H and O–H groups in total. The highest BCUT2D eigenvalue weighted by Crippen LogP contribution is 2.29. The van der Waals surface area contributed by atoms with Gasteiger partial charge in [0.05, 0.1) is 17.3 Å². The minimum atomic E-state index is -0.447. The zero-order chi connectivity index (χ0) is 20.8. The Bertz CT molecular complexity index is 1270. The maximum absolute atomic E-state index is 12.6. The van der Waals surface area contributed by atoms with Gasteiger partial charge in [-0.05, 0) is 23.4 Å². The maximum atomic E-state index is 12.6. The Hall–Kier alpha value is -3.53. The summed E-state index contributed by atoms with van der Waals surface area (Å²) in [4.78, 5) is 31.4. The van der Waals surface area contributed by atoms with Crippen LogP contribution in [0, 0.1) is 0 Å². The summed E-state index contributed by atoms with van der Waals surface area (Å²) in [5, 5.41) is 13.4. The molecular formula is C20H19N7O2S. The van der Waals surface area contributed by atoms with Crippen molar-refractivity contribution in [1.82, 2.24) is 34.6 Å². The lowest BCUT2D eigenvalue weighted by Crippen LogP contribution is -2.40. The lowest BCUT2D eigenvalue weighted by atomic mass is 10.1. The zero-order valence-corrected chi connectivity index (χ0v) is 17.3. The number of thiophene rings is 1. The lowest BCUT2D eigenvalue weighted by molar-refractivity contribution is -0.128. The molecule has 2 amide bonds. The monoisotopic (exact) mass is 421 g/mol. The van der Waals surface area contributed by atoms with Gasteiger partial charge in [0.15, 0.2) is 5.65 Å². The molecule has 0 bridgehead atoms. The van der Waals surface area contributed by atoms with Crippen molar-refractivity contribution in [3.63, 3.8) is 0 Å². The highest BCUT2D eigenvalue weighted by atomic mass is 32.1. The molecule has 5 rings (SSSR count). The summed E-state index contributed by atoms with van der Waals surface area (Å²) in [6, 6.07) is 1.37. The van der Waals surface area contributed by atoms with Crippen LogP contribution in [-0.4, -0.2) is 60.7 Å². The normalized spacial score (nSPS) is 16.5. The highest BCUT2D eigenvalue weighted by molar-refractivity contribution is 7.12. The number of hydrogen-bond donors (Lipinski definition) is 1. The Balaban J connectivity index is 1.39. The van der Waals surface area contributed by atoms with Gasteiger partial charge in [0.25, 0.3) is 5.91 Å². The van der Waals surface area contributed by atoms with E-state index in [0.29, 0.717) is 23.5 Å². The molecule has 0 saturated carbocycles. The summed E-state index contributed by atoms with van der Waals surface area (Å²) in [6.45, 7) is 0.661. The Labute approximate surface area is 176 Å². The number of likely N-dealkylation sites (tertiary alicyclic amines) is 1. The summed E-state index contributed by atoms with van der Waals surface area (Å²) in [5.41, 5.74) is 4.31. The van der Waals surface area contributed by atoms with Gasteiger partial charge in [-0.25, -0.2) is 9.50 Å². The molecule has 152 valence electrons. The molecule has 5 heterocycles. The van der Waals surface area contributed by atoms with Crippen LogP contribution in [0.3, 0.4) is 0 Å². The summed E-state index contributed by atoms with van der Waals surface area (Å²) in [7, 11) is 3.61. The fourth-order valence-corrected chi connectivity index (χ4v) is 4.39. The summed E-state index contributed by atoms with van der Waals surface area (Å²) in [5.74, 6) is -0.278.